The molecule has 2 aromatic rings. The quantitative estimate of drug-likeness (QED) is 0.805. The molecule has 0 fully saturated rings. The summed E-state index contributed by atoms with van der Waals surface area (Å²) in [5, 5.41) is 11.2. The van der Waals surface area contributed by atoms with E-state index in [1.54, 1.807) is 24.7 Å². The van der Waals surface area contributed by atoms with Crippen LogP contribution in [-0.2, 0) is 0 Å². The molecule has 1 atom stereocenters. The fourth-order valence-corrected chi connectivity index (χ4v) is 1.96. The standard InChI is InChI=1S/C14H17N5/c1-3-11(10-5-6-12(16-2)19-9-10)13(15)14-17-7-4-8-18-14/h4-9,11,15H,3H2,1-2H3,(H,16,19). The first kappa shape index (κ1) is 13.1. The first-order valence-electron chi connectivity index (χ1n) is 6.25. The van der Waals surface area contributed by atoms with Crippen LogP contribution in [0.2, 0.25) is 0 Å². The zero-order valence-electron chi connectivity index (χ0n) is 11.1. The minimum absolute atomic E-state index is 0.0270. The Balaban J connectivity index is 2.26. The molecule has 0 spiro atoms. The third-order valence-corrected chi connectivity index (χ3v) is 3.01. The van der Waals surface area contributed by atoms with Crippen LogP contribution in [0.15, 0.2) is 36.8 Å². The Labute approximate surface area is 112 Å². The highest BCUT2D eigenvalue weighted by molar-refractivity contribution is 5.99. The maximum atomic E-state index is 8.25. The van der Waals surface area contributed by atoms with E-state index in [2.05, 4.69) is 20.3 Å². The van der Waals surface area contributed by atoms with Gasteiger partial charge in [0, 0.05) is 31.6 Å². The summed E-state index contributed by atoms with van der Waals surface area (Å²) in [6.07, 6.45) is 5.94. The second-order valence-electron chi connectivity index (χ2n) is 4.17. The summed E-state index contributed by atoms with van der Waals surface area (Å²) in [4.78, 5) is 12.6. The van der Waals surface area contributed by atoms with E-state index in [9.17, 15) is 0 Å². The SMILES string of the molecule is CCC(C(=N)c1ncccn1)c1ccc(NC)nc1. The lowest BCUT2D eigenvalue weighted by Crippen LogP contribution is -2.15. The van der Waals surface area contributed by atoms with Crippen LogP contribution in [0, 0.1) is 5.41 Å². The minimum atomic E-state index is -0.0270. The van der Waals surface area contributed by atoms with Gasteiger partial charge in [-0.05, 0) is 24.1 Å². The lowest BCUT2D eigenvalue weighted by atomic mass is 9.92. The molecular weight excluding hydrogens is 238 g/mol. The van der Waals surface area contributed by atoms with Gasteiger partial charge in [0.2, 0.25) is 0 Å². The Morgan fingerprint density at radius 1 is 1.26 bits per heavy atom. The van der Waals surface area contributed by atoms with Crippen molar-refractivity contribution in [1.82, 2.24) is 15.0 Å². The van der Waals surface area contributed by atoms with Crippen LogP contribution < -0.4 is 5.32 Å². The van der Waals surface area contributed by atoms with Crippen molar-refractivity contribution in [3.63, 3.8) is 0 Å². The molecule has 0 radical (unpaired) electrons. The molecule has 1 unspecified atom stereocenters. The molecule has 0 saturated heterocycles. The fraction of sp³-hybridized carbons (Fsp3) is 0.286. The van der Waals surface area contributed by atoms with Crippen LogP contribution in [0.4, 0.5) is 5.82 Å². The van der Waals surface area contributed by atoms with Gasteiger partial charge in [-0.15, -0.1) is 0 Å². The molecule has 0 aliphatic carbocycles. The van der Waals surface area contributed by atoms with Crippen LogP contribution >= 0.6 is 0 Å². The third kappa shape index (κ3) is 2.93. The molecule has 5 heteroatoms. The number of aromatic nitrogens is 3. The molecule has 0 aliphatic heterocycles. The molecule has 98 valence electrons. The van der Waals surface area contributed by atoms with Crippen molar-refractivity contribution in [2.45, 2.75) is 19.3 Å². The monoisotopic (exact) mass is 255 g/mol. The Morgan fingerprint density at radius 3 is 2.53 bits per heavy atom. The van der Waals surface area contributed by atoms with Crippen molar-refractivity contribution in [2.24, 2.45) is 0 Å². The van der Waals surface area contributed by atoms with Crippen molar-refractivity contribution < 1.29 is 0 Å². The normalized spacial score (nSPS) is 11.9. The Hall–Kier alpha value is -2.30. The Kier molecular flexibility index (Phi) is 4.18. The van der Waals surface area contributed by atoms with Gasteiger partial charge in [0.15, 0.2) is 5.82 Å². The van der Waals surface area contributed by atoms with E-state index < -0.39 is 0 Å². The van der Waals surface area contributed by atoms with Crippen molar-refractivity contribution in [2.75, 3.05) is 12.4 Å². The summed E-state index contributed by atoms with van der Waals surface area (Å²) in [6.45, 7) is 2.05. The van der Waals surface area contributed by atoms with Gasteiger partial charge in [0.05, 0.1) is 5.71 Å². The van der Waals surface area contributed by atoms with Crippen LogP contribution in [0.25, 0.3) is 0 Å². The average Bonchev–Trinajstić information content (AvgIpc) is 2.49. The topological polar surface area (TPSA) is 74.6 Å². The van der Waals surface area contributed by atoms with E-state index >= 15 is 0 Å². The van der Waals surface area contributed by atoms with Gasteiger partial charge in [-0.1, -0.05) is 13.0 Å². The molecule has 0 amide bonds. The van der Waals surface area contributed by atoms with E-state index in [1.165, 1.54) is 0 Å². The number of nitrogens with one attached hydrogen (secondary N) is 2. The molecule has 0 bridgehead atoms. The molecule has 0 saturated carbocycles. The first-order valence-corrected chi connectivity index (χ1v) is 6.25. The Bertz CT molecular complexity index is 536. The molecule has 2 heterocycles. The van der Waals surface area contributed by atoms with E-state index in [1.807, 2.05) is 26.1 Å². The lowest BCUT2D eigenvalue weighted by Gasteiger charge is -2.15. The number of hydrogen-bond donors (Lipinski definition) is 2. The number of nitrogens with zero attached hydrogens (tertiary/aromatic N) is 3. The molecule has 0 aromatic carbocycles. The van der Waals surface area contributed by atoms with Crippen LogP contribution in [0.5, 0.6) is 0 Å². The van der Waals surface area contributed by atoms with Gasteiger partial charge in [-0.25, -0.2) is 15.0 Å². The maximum absolute atomic E-state index is 8.25. The maximum Gasteiger partial charge on any atom is 0.173 e. The molecule has 19 heavy (non-hydrogen) atoms. The van der Waals surface area contributed by atoms with Gasteiger partial charge in [-0.3, -0.25) is 0 Å². The second-order valence-corrected chi connectivity index (χ2v) is 4.17. The first-order chi connectivity index (χ1) is 9.26. The van der Waals surface area contributed by atoms with Crippen LogP contribution in [0.3, 0.4) is 0 Å². The number of anilines is 1. The fourth-order valence-electron chi connectivity index (χ4n) is 1.96. The number of hydrogen-bond acceptors (Lipinski definition) is 5. The third-order valence-electron chi connectivity index (χ3n) is 3.01. The second kappa shape index (κ2) is 6.04. The van der Waals surface area contributed by atoms with Crippen LogP contribution in [0.1, 0.15) is 30.7 Å². The van der Waals surface area contributed by atoms with Crippen molar-refractivity contribution in [3.05, 3.63) is 48.2 Å². The van der Waals surface area contributed by atoms with E-state index in [0.717, 1.165) is 17.8 Å². The summed E-state index contributed by atoms with van der Waals surface area (Å²) >= 11 is 0. The average molecular weight is 255 g/mol. The van der Waals surface area contributed by atoms with Crippen molar-refractivity contribution in [3.8, 4) is 0 Å². The van der Waals surface area contributed by atoms with E-state index in [0.29, 0.717) is 11.5 Å². The van der Waals surface area contributed by atoms with Gasteiger partial charge >= 0.3 is 0 Å². The molecule has 5 nitrogen and oxygen atoms in total. The van der Waals surface area contributed by atoms with Gasteiger partial charge in [-0.2, -0.15) is 0 Å². The number of pyridine rings is 1. The van der Waals surface area contributed by atoms with Crippen molar-refractivity contribution >= 4 is 11.5 Å². The molecule has 2 N–H and O–H groups in total. The summed E-state index contributed by atoms with van der Waals surface area (Å²) in [6, 6.07) is 5.66. The summed E-state index contributed by atoms with van der Waals surface area (Å²) < 4.78 is 0. The smallest absolute Gasteiger partial charge is 0.173 e. The lowest BCUT2D eigenvalue weighted by molar-refractivity contribution is 0.824. The number of rotatable bonds is 5. The van der Waals surface area contributed by atoms with Gasteiger partial charge in [0.1, 0.15) is 5.82 Å². The molecular formula is C14H17N5. The molecule has 2 aromatic heterocycles. The zero-order chi connectivity index (χ0) is 13.7. The van der Waals surface area contributed by atoms with E-state index in [4.69, 9.17) is 5.41 Å². The summed E-state index contributed by atoms with van der Waals surface area (Å²) in [5.74, 6) is 1.27. The Morgan fingerprint density at radius 2 is 2.00 bits per heavy atom. The largest absolute Gasteiger partial charge is 0.373 e. The predicted octanol–water partition coefficient (Wildman–Crippen LogP) is 2.47. The highest BCUT2D eigenvalue weighted by atomic mass is 14.9. The van der Waals surface area contributed by atoms with Crippen LogP contribution in [-0.4, -0.2) is 27.7 Å². The van der Waals surface area contributed by atoms with Gasteiger partial charge < -0.3 is 10.7 Å². The highest BCUT2D eigenvalue weighted by Gasteiger charge is 2.18. The van der Waals surface area contributed by atoms with E-state index in [-0.39, 0.29) is 5.92 Å². The molecule has 2 rings (SSSR count). The summed E-state index contributed by atoms with van der Waals surface area (Å²) in [5.41, 5.74) is 1.45. The van der Waals surface area contributed by atoms with Gasteiger partial charge in [0.25, 0.3) is 0 Å². The summed E-state index contributed by atoms with van der Waals surface area (Å²) in [7, 11) is 1.83. The zero-order valence-corrected chi connectivity index (χ0v) is 11.1. The minimum Gasteiger partial charge on any atom is -0.373 e. The molecule has 0 aliphatic rings. The van der Waals surface area contributed by atoms with Crippen molar-refractivity contribution in [1.29, 1.82) is 5.41 Å². The predicted molar refractivity (Wildman–Crippen MR) is 75.7 cm³/mol. The highest BCUT2D eigenvalue weighted by Crippen LogP contribution is 2.23.